The second-order valence-electron chi connectivity index (χ2n) is 4.69. The Labute approximate surface area is 112 Å². The van der Waals surface area contributed by atoms with E-state index < -0.39 is 17.5 Å². The molecule has 1 aromatic carbocycles. The Kier molecular flexibility index (Phi) is 2.97. The van der Waals surface area contributed by atoms with Gasteiger partial charge in [-0.25, -0.2) is 18.2 Å². The van der Waals surface area contributed by atoms with E-state index in [4.69, 9.17) is 5.73 Å². The molecule has 6 heteroatoms. The summed E-state index contributed by atoms with van der Waals surface area (Å²) in [5.74, 6) is -3.35. The Hall–Kier alpha value is -1.56. The molecule has 100 valence electrons. The number of halogens is 3. The summed E-state index contributed by atoms with van der Waals surface area (Å²) >= 11 is 1.32. The second-order valence-corrected chi connectivity index (χ2v) is 5.80. The third-order valence-corrected chi connectivity index (χ3v) is 4.02. The Morgan fingerprint density at radius 1 is 1.21 bits per heavy atom. The van der Waals surface area contributed by atoms with E-state index in [0.29, 0.717) is 23.0 Å². The average molecular weight is 284 g/mol. The van der Waals surface area contributed by atoms with Gasteiger partial charge in [0, 0.05) is 17.2 Å². The van der Waals surface area contributed by atoms with Gasteiger partial charge in [0.15, 0.2) is 22.6 Å². The summed E-state index contributed by atoms with van der Waals surface area (Å²) < 4.78 is 39.2. The van der Waals surface area contributed by atoms with Gasteiger partial charge in [-0.3, -0.25) is 0 Å². The molecule has 1 fully saturated rings. The number of hydrogen-bond acceptors (Lipinski definition) is 3. The van der Waals surface area contributed by atoms with E-state index in [2.05, 4.69) is 4.98 Å². The smallest absolute Gasteiger partial charge is 0.194 e. The molecule has 1 aromatic heterocycles. The van der Waals surface area contributed by atoms with Gasteiger partial charge in [0.2, 0.25) is 0 Å². The molecule has 0 bridgehead atoms. The molecule has 1 aliphatic rings. The molecule has 2 N–H and O–H groups in total. The molecule has 0 amide bonds. The SMILES string of the molecule is Nc1nc(C2CC2)c(Cc2cc(F)c(F)c(F)c2)s1. The highest BCUT2D eigenvalue weighted by Gasteiger charge is 2.29. The van der Waals surface area contributed by atoms with E-state index in [1.165, 1.54) is 11.3 Å². The van der Waals surface area contributed by atoms with E-state index in [9.17, 15) is 13.2 Å². The maximum atomic E-state index is 13.2. The maximum absolute atomic E-state index is 13.2. The van der Waals surface area contributed by atoms with Crippen molar-refractivity contribution in [1.29, 1.82) is 0 Å². The first kappa shape index (κ1) is 12.5. The van der Waals surface area contributed by atoms with Crippen LogP contribution in [0.25, 0.3) is 0 Å². The lowest BCUT2D eigenvalue weighted by molar-refractivity contribution is 0.445. The van der Waals surface area contributed by atoms with Gasteiger partial charge >= 0.3 is 0 Å². The van der Waals surface area contributed by atoms with Crippen LogP contribution in [0.2, 0.25) is 0 Å². The molecule has 1 aliphatic carbocycles. The highest BCUT2D eigenvalue weighted by Crippen LogP contribution is 2.43. The third-order valence-electron chi connectivity index (χ3n) is 3.12. The van der Waals surface area contributed by atoms with Gasteiger partial charge in [0.1, 0.15) is 0 Å². The highest BCUT2D eigenvalue weighted by molar-refractivity contribution is 7.15. The summed E-state index contributed by atoms with van der Waals surface area (Å²) in [6.07, 6.45) is 2.47. The summed E-state index contributed by atoms with van der Waals surface area (Å²) in [4.78, 5) is 5.17. The number of hydrogen-bond donors (Lipinski definition) is 1. The van der Waals surface area contributed by atoms with Crippen molar-refractivity contribution in [2.75, 3.05) is 5.73 Å². The molecular formula is C13H11F3N2S. The zero-order valence-electron chi connectivity index (χ0n) is 9.92. The molecule has 0 radical (unpaired) electrons. The topological polar surface area (TPSA) is 38.9 Å². The van der Waals surface area contributed by atoms with Gasteiger partial charge in [-0.15, -0.1) is 11.3 Å². The van der Waals surface area contributed by atoms with Crippen molar-refractivity contribution in [3.8, 4) is 0 Å². The minimum Gasteiger partial charge on any atom is -0.375 e. The molecule has 0 unspecified atom stereocenters. The van der Waals surface area contributed by atoms with Crippen molar-refractivity contribution in [2.45, 2.75) is 25.2 Å². The van der Waals surface area contributed by atoms with Crippen LogP contribution in [0.15, 0.2) is 12.1 Å². The lowest BCUT2D eigenvalue weighted by Crippen LogP contribution is -1.96. The van der Waals surface area contributed by atoms with Crippen LogP contribution in [0.4, 0.5) is 18.3 Å². The van der Waals surface area contributed by atoms with Crippen LogP contribution >= 0.6 is 11.3 Å². The zero-order valence-corrected chi connectivity index (χ0v) is 10.7. The van der Waals surface area contributed by atoms with Crippen molar-refractivity contribution >= 4 is 16.5 Å². The molecule has 1 saturated carbocycles. The van der Waals surface area contributed by atoms with Crippen LogP contribution in [0.1, 0.15) is 34.9 Å². The number of nitrogens with zero attached hydrogens (tertiary/aromatic N) is 1. The van der Waals surface area contributed by atoms with Crippen LogP contribution in [-0.2, 0) is 6.42 Å². The quantitative estimate of drug-likeness (QED) is 0.874. The highest BCUT2D eigenvalue weighted by atomic mass is 32.1. The predicted octanol–water partition coefficient (Wildman–Crippen LogP) is 3.61. The normalized spacial score (nSPS) is 14.9. The molecule has 19 heavy (non-hydrogen) atoms. The number of anilines is 1. The lowest BCUT2D eigenvalue weighted by Gasteiger charge is -2.03. The number of nitrogens with two attached hydrogens (primary N) is 1. The van der Waals surface area contributed by atoms with Gasteiger partial charge in [0.05, 0.1) is 5.69 Å². The standard InChI is InChI=1S/C13H11F3N2S/c14-8-3-6(4-9(15)11(8)16)5-10-12(7-1-2-7)18-13(17)19-10/h3-4,7H,1-2,5H2,(H2,17,18). The van der Waals surface area contributed by atoms with Crippen LogP contribution < -0.4 is 5.73 Å². The molecular weight excluding hydrogens is 273 g/mol. The molecule has 2 aromatic rings. The number of benzene rings is 1. The first-order valence-electron chi connectivity index (χ1n) is 5.93. The summed E-state index contributed by atoms with van der Waals surface area (Å²) in [6, 6.07) is 2.04. The molecule has 0 aliphatic heterocycles. The van der Waals surface area contributed by atoms with E-state index >= 15 is 0 Å². The number of aromatic nitrogens is 1. The van der Waals surface area contributed by atoms with Gasteiger partial charge in [-0.05, 0) is 30.5 Å². The first-order valence-corrected chi connectivity index (χ1v) is 6.74. The Morgan fingerprint density at radius 2 is 1.84 bits per heavy atom. The van der Waals surface area contributed by atoms with Crippen molar-refractivity contribution in [2.24, 2.45) is 0 Å². The van der Waals surface area contributed by atoms with Gasteiger partial charge in [0.25, 0.3) is 0 Å². The van der Waals surface area contributed by atoms with Crippen LogP contribution in [-0.4, -0.2) is 4.98 Å². The average Bonchev–Trinajstić information content (AvgIpc) is 3.11. The van der Waals surface area contributed by atoms with E-state index in [-0.39, 0.29) is 0 Å². The van der Waals surface area contributed by atoms with E-state index in [0.717, 1.165) is 35.5 Å². The first-order chi connectivity index (χ1) is 9.04. The number of thiazole rings is 1. The van der Waals surface area contributed by atoms with E-state index in [1.54, 1.807) is 0 Å². The predicted molar refractivity (Wildman–Crippen MR) is 67.6 cm³/mol. The van der Waals surface area contributed by atoms with Crippen molar-refractivity contribution < 1.29 is 13.2 Å². The Balaban J connectivity index is 1.93. The van der Waals surface area contributed by atoms with Crippen molar-refractivity contribution in [1.82, 2.24) is 4.98 Å². The Bertz CT molecular complexity index is 612. The largest absolute Gasteiger partial charge is 0.375 e. The Morgan fingerprint density at radius 3 is 2.42 bits per heavy atom. The van der Waals surface area contributed by atoms with Crippen LogP contribution in [0, 0.1) is 17.5 Å². The van der Waals surface area contributed by atoms with Crippen molar-refractivity contribution in [3.05, 3.63) is 45.7 Å². The number of rotatable bonds is 3. The van der Waals surface area contributed by atoms with E-state index in [1.807, 2.05) is 0 Å². The summed E-state index contributed by atoms with van der Waals surface area (Å²) in [7, 11) is 0. The zero-order chi connectivity index (χ0) is 13.6. The summed E-state index contributed by atoms with van der Waals surface area (Å²) in [5, 5.41) is 0.458. The van der Waals surface area contributed by atoms with Gasteiger partial charge in [-0.1, -0.05) is 0 Å². The van der Waals surface area contributed by atoms with Crippen molar-refractivity contribution in [3.63, 3.8) is 0 Å². The molecule has 0 saturated heterocycles. The molecule has 3 rings (SSSR count). The minimum absolute atomic E-state index is 0.328. The summed E-state index contributed by atoms with van der Waals surface area (Å²) in [5.41, 5.74) is 7.00. The molecule has 2 nitrogen and oxygen atoms in total. The third kappa shape index (κ3) is 2.45. The van der Waals surface area contributed by atoms with Crippen LogP contribution in [0.3, 0.4) is 0 Å². The van der Waals surface area contributed by atoms with Gasteiger partial charge < -0.3 is 5.73 Å². The molecule has 0 spiro atoms. The minimum atomic E-state index is -1.44. The fraction of sp³-hybridized carbons (Fsp3) is 0.308. The monoisotopic (exact) mass is 284 g/mol. The maximum Gasteiger partial charge on any atom is 0.194 e. The fourth-order valence-corrected chi connectivity index (χ4v) is 3.03. The van der Waals surface area contributed by atoms with Crippen LogP contribution in [0.5, 0.6) is 0 Å². The van der Waals surface area contributed by atoms with Gasteiger partial charge in [-0.2, -0.15) is 0 Å². The fourth-order valence-electron chi connectivity index (χ4n) is 2.08. The second kappa shape index (κ2) is 4.52. The lowest BCUT2D eigenvalue weighted by atomic mass is 10.1. The summed E-state index contributed by atoms with van der Waals surface area (Å²) in [6.45, 7) is 0. The number of nitrogen functional groups attached to an aromatic ring is 1. The molecule has 0 atom stereocenters. The molecule has 1 heterocycles.